The first-order valence-corrected chi connectivity index (χ1v) is 15.0. The van der Waals surface area contributed by atoms with Crippen molar-refractivity contribution in [1.82, 2.24) is 14.8 Å². The highest BCUT2D eigenvalue weighted by atomic mass is 16.5. The van der Waals surface area contributed by atoms with Crippen LogP contribution in [0.3, 0.4) is 0 Å². The third-order valence-electron chi connectivity index (χ3n) is 7.54. The van der Waals surface area contributed by atoms with Crippen LogP contribution in [-0.4, -0.2) is 58.7 Å². The summed E-state index contributed by atoms with van der Waals surface area (Å²) in [5.74, 6) is 0.634. The molecule has 2 heterocycles. The highest BCUT2D eigenvalue weighted by Crippen LogP contribution is 2.24. The molecule has 8 nitrogen and oxygen atoms in total. The van der Waals surface area contributed by atoms with E-state index in [1.165, 1.54) is 6.20 Å². The zero-order chi connectivity index (χ0) is 32.2. The van der Waals surface area contributed by atoms with Crippen LogP contribution >= 0.6 is 0 Å². The van der Waals surface area contributed by atoms with Crippen LogP contribution in [0.4, 0.5) is 0 Å². The van der Waals surface area contributed by atoms with Crippen molar-refractivity contribution in [2.45, 2.75) is 26.5 Å². The van der Waals surface area contributed by atoms with E-state index >= 15 is 0 Å². The number of carbonyl (C=O) groups is 1. The van der Waals surface area contributed by atoms with E-state index in [4.69, 9.17) is 16.2 Å². The van der Waals surface area contributed by atoms with Crippen molar-refractivity contribution in [3.8, 4) is 0 Å². The van der Waals surface area contributed by atoms with Crippen LogP contribution in [0.15, 0.2) is 139 Å². The first kappa shape index (κ1) is 32.7. The van der Waals surface area contributed by atoms with Crippen LogP contribution < -0.4 is 11.5 Å². The van der Waals surface area contributed by atoms with E-state index in [2.05, 4.69) is 41.9 Å². The standard InChI is InChI=1S/C37H42N6O2/c1-5-30(31-14-16-32(17-15-31)37(44)43-21-19-42(20-22-43)27(2)3)24-33(25-38)35(41-36(39)34-13-9-10-18-40-34)23-28(4)45-26-29-11-7-6-8-12-29/h5-18,23-25,27H,1,4,19-22,26,38H2,2-3H3,(H2,39,41)/b30-24+,33-25+,35-23-. The van der Waals surface area contributed by atoms with Gasteiger partial charge in [0.1, 0.15) is 23.9 Å². The second kappa shape index (κ2) is 16.0. The van der Waals surface area contributed by atoms with E-state index in [-0.39, 0.29) is 11.7 Å². The molecule has 0 atom stereocenters. The predicted octanol–water partition coefficient (Wildman–Crippen LogP) is 5.68. The third kappa shape index (κ3) is 9.14. The van der Waals surface area contributed by atoms with Crippen molar-refractivity contribution in [2.75, 3.05) is 26.2 Å². The maximum atomic E-state index is 13.2. The summed E-state index contributed by atoms with van der Waals surface area (Å²) in [4.78, 5) is 26.5. The normalized spacial score (nSPS) is 15.2. The number of amides is 1. The molecule has 0 saturated carbocycles. The van der Waals surface area contributed by atoms with Gasteiger partial charge in [-0.15, -0.1) is 0 Å². The fourth-order valence-corrected chi connectivity index (χ4v) is 4.89. The molecule has 0 aliphatic carbocycles. The lowest BCUT2D eigenvalue weighted by Gasteiger charge is -2.37. The van der Waals surface area contributed by atoms with Gasteiger partial charge < -0.3 is 21.1 Å². The molecule has 0 unspecified atom stereocenters. The number of amidine groups is 1. The smallest absolute Gasteiger partial charge is 0.253 e. The maximum absolute atomic E-state index is 13.2. The van der Waals surface area contributed by atoms with Gasteiger partial charge in [-0.3, -0.25) is 14.7 Å². The summed E-state index contributed by atoms with van der Waals surface area (Å²) in [6.45, 7) is 16.0. The molecule has 4 rings (SSSR count). The average Bonchev–Trinajstić information content (AvgIpc) is 3.08. The molecule has 2 aromatic carbocycles. The van der Waals surface area contributed by atoms with Gasteiger partial charge in [0.2, 0.25) is 0 Å². The molecule has 1 amide bonds. The van der Waals surface area contributed by atoms with Crippen LogP contribution in [0.1, 0.15) is 41.0 Å². The van der Waals surface area contributed by atoms with Crippen molar-refractivity contribution in [3.05, 3.63) is 156 Å². The topological polar surface area (TPSA) is 110 Å². The number of hydrogen-bond acceptors (Lipinski definition) is 6. The van der Waals surface area contributed by atoms with Crippen molar-refractivity contribution in [3.63, 3.8) is 0 Å². The SMILES string of the molecule is C=C\C(=C/C(=C\N)C(=C/C(=C)OCc1ccccc1)/N=C(N)c1ccccn1)c1ccc(C(=O)N2CCN(C(C)C)CC2)cc1. The lowest BCUT2D eigenvalue weighted by Crippen LogP contribution is -2.50. The van der Waals surface area contributed by atoms with E-state index < -0.39 is 0 Å². The molecule has 1 saturated heterocycles. The number of rotatable bonds is 12. The highest BCUT2D eigenvalue weighted by Gasteiger charge is 2.23. The number of piperazine rings is 1. The lowest BCUT2D eigenvalue weighted by molar-refractivity contribution is 0.0595. The summed E-state index contributed by atoms with van der Waals surface area (Å²) in [5.41, 5.74) is 17.3. The second-order valence-corrected chi connectivity index (χ2v) is 10.9. The summed E-state index contributed by atoms with van der Waals surface area (Å²) in [6, 6.07) is 23.2. The number of allylic oxidation sites excluding steroid dienone is 4. The van der Waals surface area contributed by atoms with Gasteiger partial charge in [0.05, 0.1) is 5.70 Å². The second-order valence-electron chi connectivity index (χ2n) is 10.9. The molecule has 1 fully saturated rings. The molecule has 3 aromatic rings. The van der Waals surface area contributed by atoms with Crippen LogP contribution in [0.25, 0.3) is 5.57 Å². The van der Waals surface area contributed by atoms with E-state index in [1.54, 1.807) is 24.4 Å². The Hall–Kier alpha value is -5.21. The van der Waals surface area contributed by atoms with Gasteiger partial charge in [-0.25, -0.2) is 4.99 Å². The molecule has 1 aromatic heterocycles. The molecule has 1 aliphatic heterocycles. The Morgan fingerprint density at radius 2 is 1.64 bits per heavy atom. The largest absolute Gasteiger partial charge is 0.489 e. The molecule has 1 aliphatic rings. The summed E-state index contributed by atoms with van der Waals surface area (Å²) in [7, 11) is 0. The molecular formula is C37H42N6O2. The van der Waals surface area contributed by atoms with Gasteiger partial charge in [0.15, 0.2) is 0 Å². The van der Waals surface area contributed by atoms with Gasteiger partial charge >= 0.3 is 0 Å². The zero-order valence-corrected chi connectivity index (χ0v) is 26.1. The first-order valence-electron chi connectivity index (χ1n) is 15.0. The van der Waals surface area contributed by atoms with E-state index in [1.807, 2.05) is 77.7 Å². The van der Waals surface area contributed by atoms with Gasteiger partial charge in [-0.2, -0.15) is 0 Å². The van der Waals surface area contributed by atoms with Gasteiger partial charge in [-0.05, 0) is 60.9 Å². The number of nitrogens with two attached hydrogens (primary N) is 2. The highest BCUT2D eigenvalue weighted by molar-refractivity contribution is 5.97. The van der Waals surface area contributed by atoms with Crippen molar-refractivity contribution < 1.29 is 9.53 Å². The molecular weight excluding hydrogens is 560 g/mol. The van der Waals surface area contributed by atoms with Crippen LogP contribution in [-0.2, 0) is 11.3 Å². The van der Waals surface area contributed by atoms with Gasteiger partial charge in [0.25, 0.3) is 5.91 Å². The molecule has 0 radical (unpaired) electrons. The van der Waals surface area contributed by atoms with Crippen LogP contribution in [0, 0.1) is 0 Å². The number of carbonyl (C=O) groups excluding carboxylic acids is 1. The Balaban J connectivity index is 1.58. The number of aromatic nitrogens is 1. The van der Waals surface area contributed by atoms with E-state index in [0.29, 0.717) is 40.9 Å². The molecule has 232 valence electrons. The van der Waals surface area contributed by atoms with Gasteiger partial charge in [0, 0.05) is 61.8 Å². The molecule has 4 N–H and O–H groups in total. The van der Waals surface area contributed by atoms with Crippen LogP contribution in [0.5, 0.6) is 0 Å². The van der Waals surface area contributed by atoms with Crippen molar-refractivity contribution in [2.24, 2.45) is 16.5 Å². The predicted molar refractivity (Wildman–Crippen MR) is 183 cm³/mol. The third-order valence-corrected chi connectivity index (χ3v) is 7.54. The summed E-state index contributed by atoms with van der Waals surface area (Å²) >= 11 is 0. The lowest BCUT2D eigenvalue weighted by atomic mass is 10.00. The molecule has 8 heteroatoms. The fourth-order valence-electron chi connectivity index (χ4n) is 4.89. The molecule has 0 spiro atoms. The summed E-state index contributed by atoms with van der Waals surface area (Å²) < 4.78 is 5.92. The average molecular weight is 603 g/mol. The van der Waals surface area contributed by atoms with E-state index in [0.717, 1.165) is 42.9 Å². The zero-order valence-electron chi connectivity index (χ0n) is 26.1. The van der Waals surface area contributed by atoms with Crippen molar-refractivity contribution >= 4 is 17.3 Å². The Morgan fingerprint density at radius 3 is 2.24 bits per heavy atom. The number of aliphatic imine (C=N–C) groups is 1. The fraction of sp³-hybridized carbons (Fsp3) is 0.216. The minimum atomic E-state index is 0.0372. The van der Waals surface area contributed by atoms with E-state index in [9.17, 15) is 4.79 Å². The number of benzene rings is 2. The quantitative estimate of drug-likeness (QED) is 0.120. The summed E-state index contributed by atoms with van der Waals surface area (Å²) in [6.07, 6.45) is 8.38. The summed E-state index contributed by atoms with van der Waals surface area (Å²) in [5, 5.41) is 0. The maximum Gasteiger partial charge on any atom is 0.253 e. The van der Waals surface area contributed by atoms with Crippen LogP contribution in [0.2, 0.25) is 0 Å². The number of ether oxygens (including phenoxy) is 1. The van der Waals surface area contributed by atoms with Gasteiger partial charge in [-0.1, -0.05) is 67.8 Å². The Labute approximate surface area is 266 Å². The number of nitrogens with zero attached hydrogens (tertiary/aromatic N) is 4. The Bertz CT molecular complexity index is 1580. The minimum absolute atomic E-state index is 0.0372. The molecule has 0 bridgehead atoms. The monoisotopic (exact) mass is 602 g/mol. The molecule has 45 heavy (non-hydrogen) atoms. The number of pyridine rings is 1. The Kier molecular flexibility index (Phi) is 11.6. The first-order chi connectivity index (χ1) is 21.8. The minimum Gasteiger partial charge on any atom is -0.489 e. The number of hydrogen-bond donors (Lipinski definition) is 2. The van der Waals surface area contributed by atoms with Crippen molar-refractivity contribution in [1.29, 1.82) is 0 Å². The Morgan fingerprint density at radius 1 is 0.978 bits per heavy atom.